The van der Waals surface area contributed by atoms with Gasteiger partial charge < -0.3 is 9.15 Å². The summed E-state index contributed by atoms with van der Waals surface area (Å²) in [4.78, 5) is 30.8. The van der Waals surface area contributed by atoms with Gasteiger partial charge in [0.15, 0.2) is 17.8 Å². The smallest absolute Gasteiger partial charge is 0.411 e. The van der Waals surface area contributed by atoms with Crippen LogP contribution in [0.2, 0.25) is 0 Å². The van der Waals surface area contributed by atoms with Crippen LogP contribution >= 0.6 is 0 Å². The molecule has 0 unspecified atom stereocenters. The molecule has 1 amide bonds. The van der Waals surface area contributed by atoms with Crippen molar-refractivity contribution in [1.82, 2.24) is 9.88 Å². The van der Waals surface area contributed by atoms with Crippen LogP contribution in [0.3, 0.4) is 0 Å². The van der Waals surface area contributed by atoms with E-state index in [1.54, 1.807) is 18.2 Å². The van der Waals surface area contributed by atoms with Crippen LogP contribution in [-0.2, 0) is 4.74 Å². The molecule has 0 spiro atoms. The lowest BCUT2D eigenvalue weighted by Gasteiger charge is -2.31. The number of amides is 1. The number of carbonyl (C=O) groups is 2. The fraction of sp³-hybridized carbons (Fsp3) is 0.318. The molecule has 30 heavy (non-hydrogen) atoms. The second-order valence-electron chi connectivity index (χ2n) is 7.25. The molecule has 0 atom stereocenters. The fourth-order valence-electron chi connectivity index (χ4n) is 3.67. The van der Waals surface area contributed by atoms with Crippen molar-refractivity contribution in [3.05, 3.63) is 60.2 Å². The quantitative estimate of drug-likeness (QED) is 0.615. The zero-order valence-corrected chi connectivity index (χ0v) is 16.3. The van der Waals surface area contributed by atoms with E-state index < -0.39 is 6.09 Å². The maximum absolute atomic E-state index is 13.0. The maximum Gasteiger partial charge on any atom is 0.411 e. The van der Waals surface area contributed by atoms with E-state index in [2.05, 4.69) is 15.2 Å². The Morgan fingerprint density at radius 2 is 1.93 bits per heavy atom. The zero-order chi connectivity index (χ0) is 20.9. The van der Waals surface area contributed by atoms with Crippen molar-refractivity contribution >= 4 is 28.7 Å². The lowest BCUT2D eigenvalue weighted by atomic mass is 9.89. The number of oxazole rings is 1. The highest BCUT2D eigenvalue weighted by atomic mass is 19.1. The summed E-state index contributed by atoms with van der Waals surface area (Å²) in [6.07, 6.45) is 2.23. The van der Waals surface area contributed by atoms with Crippen LogP contribution in [-0.4, -0.2) is 48.0 Å². The van der Waals surface area contributed by atoms with Gasteiger partial charge in [0.25, 0.3) is 0 Å². The van der Waals surface area contributed by atoms with Crippen LogP contribution in [0.4, 0.5) is 14.9 Å². The highest BCUT2D eigenvalue weighted by Crippen LogP contribution is 2.23. The second-order valence-corrected chi connectivity index (χ2v) is 7.25. The molecule has 2 aromatic carbocycles. The molecular weight excluding hydrogens is 389 g/mol. The van der Waals surface area contributed by atoms with Gasteiger partial charge >= 0.3 is 6.09 Å². The minimum atomic E-state index is -0.555. The lowest BCUT2D eigenvalue weighted by molar-refractivity contribution is 0.0813. The van der Waals surface area contributed by atoms with Gasteiger partial charge in [0.05, 0.1) is 5.69 Å². The average Bonchev–Trinajstić information content (AvgIpc) is 3.24. The third-order valence-corrected chi connectivity index (χ3v) is 5.32. The SMILES string of the molecule is O=C(Nc1cccc2ncoc12)OCCN1CCC(C(=O)c2ccc(F)cc2)CC1. The monoisotopic (exact) mass is 411 g/mol. The number of halogens is 1. The molecule has 7 nitrogen and oxygen atoms in total. The van der Waals surface area contributed by atoms with Gasteiger partial charge in [-0.2, -0.15) is 0 Å². The number of anilines is 1. The van der Waals surface area contributed by atoms with Crippen molar-refractivity contribution in [3.63, 3.8) is 0 Å². The normalized spacial score (nSPS) is 15.2. The maximum atomic E-state index is 13.0. The number of ketones is 1. The Balaban J connectivity index is 1.19. The van der Waals surface area contributed by atoms with Crippen molar-refractivity contribution < 1.29 is 23.1 Å². The zero-order valence-electron chi connectivity index (χ0n) is 16.3. The topological polar surface area (TPSA) is 84.7 Å². The first-order chi connectivity index (χ1) is 14.6. The number of benzene rings is 2. The Morgan fingerprint density at radius 1 is 1.17 bits per heavy atom. The molecule has 4 rings (SSSR count). The Hall–Kier alpha value is -3.26. The van der Waals surface area contributed by atoms with Gasteiger partial charge in [-0.1, -0.05) is 6.07 Å². The second kappa shape index (κ2) is 9.04. The number of fused-ring (bicyclic) bond motifs is 1. The molecular formula is C22H22FN3O4. The van der Waals surface area contributed by atoms with Crippen LogP contribution in [0.15, 0.2) is 53.3 Å². The molecule has 0 aliphatic carbocycles. The molecule has 3 aromatic rings. The number of rotatable bonds is 6. The van der Waals surface area contributed by atoms with Gasteiger partial charge in [-0.15, -0.1) is 0 Å². The number of nitrogens with zero attached hydrogens (tertiary/aromatic N) is 2. The summed E-state index contributed by atoms with van der Waals surface area (Å²) in [5.41, 5.74) is 2.22. The summed E-state index contributed by atoms with van der Waals surface area (Å²) in [6.45, 7) is 2.34. The molecule has 1 aromatic heterocycles. The van der Waals surface area contributed by atoms with E-state index in [0.717, 1.165) is 25.9 Å². The molecule has 0 bridgehead atoms. The van der Waals surface area contributed by atoms with Gasteiger partial charge in [-0.3, -0.25) is 15.0 Å². The van der Waals surface area contributed by atoms with Crippen molar-refractivity contribution in [2.75, 3.05) is 31.6 Å². The first-order valence-corrected chi connectivity index (χ1v) is 9.88. The Morgan fingerprint density at radius 3 is 2.70 bits per heavy atom. The van der Waals surface area contributed by atoms with E-state index in [-0.39, 0.29) is 24.1 Å². The van der Waals surface area contributed by atoms with Gasteiger partial charge in [0, 0.05) is 18.0 Å². The third-order valence-electron chi connectivity index (χ3n) is 5.32. The Labute approximate surface area is 172 Å². The molecule has 1 aliphatic heterocycles. The molecule has 0 saturated carbocycles. The number of para-hydroxylation sites is 1. The van der Waals surface area contributed by atoms with Crippen molar-refractivity contribution in [2.45, 2.75) is 12.8 Å². The molecule has 156 valence electrons. The standard InChI is InChI=1S/C22H22FN3O4/c23-17-6-4-15(5-7-17)20(27)16-8-10-26(11-9-16)12-13-29-22(28)25-19-3-1-2-18-21(19)30-14-24-18/h1-7,14,16H,8-13H2,(H,25,28). The summed E-state index contributed by atoms with van der Waals surface area (Å²) < 4.78 is 23.6. The summed E-state index contributed by atoms with van der Waals surface area (Å²) in [5.74, 6) is -0.340. The number of likely N-dealkylation sites (tertiary alicyclic amines) is 1. The number of aromatic nitrogens is 1. The van der Waals surface area contributed by atoms with E-state index in [9.17, 15) is 14.0 Å². The van der Waals surface area contributed by atoms with Gasteiger partial charge in [-0.25, -0.2) is 14.2 Å². The van der Waals surface area contributed by atoms with E-state index in [1.165, 1.54) is 30.7 Å². The predicted octanol–water partition coefficient (Wildman–Crippen LogP) is 4.11. The van der Waals surface area contributed by atoms with E-state index >= 15 is 0 Å². The van der Waals surface area contributed by atoms with Crippen molar-refractivity contribution in [2.24, 2.45) is 5.92 Å². The van der Waals surface area contributed by atoms with E-state index in [1.807, 2.05) is 0 Å². The number of piperidine rings is 1. The number of hydrogen-bond donors (Lipinski definition) is 1. The van der Waals surface area contributed by atoms with Gasteiger partial charge in [0.2, 0.25) is 0 Å². The largest absolute Gasteiger partial charge is 0.448 e. The first-order valence-electron chi connectivity index (χ1n) is 9.88. The minimum absolute atomic E-state index is 0.0571. The van der Waals surface area contributed by atoms with Gasteiger partial charge in [0.1, 0.15) is 17.9 Å². The molecule has 8 heteroatoms. The van der Waals surface area contributed by atoms with Gasteiger partial charge in [-0.05, 0) is 62.3 Å². The lowest BCUT2D eigenvalue weighted by Crippen LogP contribution is -2.38. The van der Waals surface area contributed by atoms with Crippen LogP contribution in [0.5, 0.6) is 0 Å². The van der Waals surface area contributed by atoms with E-state index in [4.69, 9.17) is 9.15 Å². The summed E-state index contributed by atoms with van der Waals surface area (Å²) in [6, 6.07) is 11.0. The highest BCUT2D eigenvalue weighted by molar-refractivity contribution is 5.98. The number of carbonyl (C=O) groups excluding carboxylic acids is 2. The summed E-state index contributed by atoms with van der Waals surface area (Å²) in [5, 5.41) is 2.67. The third kappa shape index (κ3) is 4.65. The molecule has 1 fully saturated rings. The predicted molar refractivity (Wildman–Crippen MR) is 109 cm³/mol. The Kier molecular flexibility index (Phi) is 6.04. The minimum Gasteiger partial charge on any atom is -0.448 e. The van der Waals surface area contributed by atoms with Crippen LogP contribution in [0.1, 0.15) is 23.2 Å². The molecule has 2 heterocycles. The summed E-state index contributed by atoms with van der Waals surface area (Å²) in [7, 11) is 0. The van der Waals surface area contributed by atoms with Crippen LogP contribution < -0.4 is 5.32 Å². The average molecular weight is 411 g/mol. The number of nitrogens with one attached hydrogen (secondary N) is 1. The fourth-order valence-corrected chi connectivity index (χ4v) is 3.67. The Bertz CT molecular complexity index is 1030. The van der Waals surface area contributed by atoms with Crippen molar-refractivity contribution in [1.29, 1.82) is 0 Å². The van der Waals surface area contributed by atoms with Crippen LogP contribution in [0.25, 0.3) is 11.1 Å². The van der Waals surface area contributed by atoms with Crippen LogP contribution in [0, 0.1) is 11.7 Å². The molecule has 1 aliphatic rings. The highest BCUT2D eigenvalue weighted by Gasteiger charge is 2.25. The number of hydrogen-bond acceptors (Lipinski definition) is 6. The number of Topliss-reactive ketones (excluding diaryl/α,β-unsaturated/α-hetero) is 1. The summed E-state index contributed by atoms with van der Waals surface area (Å²) >= 11 is 0. The molecule has 0 radical (unpaired) electrons. The molecule has 1 saturated heterocycles. The van der Waals surface area contributed by atoms with Crippen molar-refractivity contribution in [3.8, 4) is 0 Å². The first kappa shape index (κ1) is 20.0. The molecule has 1 N–H and O–H groups in total. The number of ether oxygens (including phenoxy) is 1. The van der Waals surface area contributed by atoms with E-state index in [0.29, 0.717) is 28.9 Å².